The number of rotatable bonds is 4. The van der Waals surface area contributed by atoms with Crippen LogP contribution >= 0.6 is 0 Å². The molecule has 0 aliphatic carbocycles. The first-order valence-corrected chi connectivity index (χ1v) is 9.93. The maximum atomic E-state index is 12.3. The Hall–Kier alpha value is -3.56. The van der Waals surface area contributed by atoms with Gasteiger partial charge in [0.15, 0.2) is 12.2 Å². The zero-order chi connectivity index (χ0) is 20.7. The highest BCUT2D eigenvalue weighted by Gasteiger charge is 2.37. The number of H-pyrrole nitrogens is 1. The third-order valence-corrected chi connectivity index (χ3v) is 5.40. The van der Waals surface area contributed by atoms with E-state index in [0.717, 1.165) is 22.5 Å². The standard InChI is InChI=1S/C20H21N5O5/c1-2-21-19(26)16-10-25(20(27)29-16)11-3-4-12-15(9-11)28-8-6-13-17(12)23-24-18(13)14-5-7-22-30-14/h3-4,7,9,14,16H,2,5-6,8,10H2,1H3,(H,21,26)(H,23,24)/t14?,16-/m1/s1. The number of anilines is 1. The number of hydrogen-bond donors (Lipinski definition) is 2. The van der Waals surface area contributed by atoms with E-state index in [1.54, 1.807) is 12.3 Å². The quantitative estimate of drug-likeness (QED) is 0.794. The molecule has 4 heterocycles. The molecule has 10 nitrogen and oxygen atoms in total. The molecule has 1 fully saturated rings. The van der Waals surface area contributed by atoms with Crippen molar-refractivity contribution in [3.8, 4) is 17.0 Å². The van der Waals surface area contributed by atoms with E-state index in [4.69, 9.17) is 14.3 Å². The van der Waals surface area contributed by atoms with E-state index in [2.05, 4.69) is 20.7 Å². The second-order valence-corrected chi connectivity index (χ2v) is 7.24. The molecule has 2 N–H and O–H groups in total. The average Bonchev–Trinajstić information content (AvgIpc) is 3.46. The van der Waals surface area contributed by atoms with E-state index < -0.39 is 12.2 Å². The predicted molar refractivity (Wildman–Crippen MR) is 106 cm³/mol. The molecule has 2 atom stereocenters. The molecular formula is C20H21N5O5. The number of fused-ring (bicyclic) bond motifs is 3. The number of benzene rings is 1. The van der Waals surface area contributed by atoms with Gasteiger partial charge in [0.1, 0.15) is 5.75 Å². The topological polar surface area (TPSA) is 118 Å². The van der Waals surface area contributed by atoms with Gasteiger partial charge in [-0.25, -0.2) is 4.79 Å². The summed E-state index contributed by atoms with van der Waals surface area (Å²) in [5.41, 5.74) is 4.21. The molecule has 0 bridgehead atoms. The third-order valence-electron chi connectivity index (χ3n) is 5.40. The molecule has 1 aromatic heterocycles. The average molecular weight is 411 g/mol. The number of cyclic esters (lactones) is 1. The summed E-state index contributed by atoms with van der Waals surface area (Å²) in [6.07, 6.45) is 1.58. The van der Waals surface area contributed by atoms with Crippen LogP contribution in [0.5, 0.6) is 5.75 Å². The smallest absolute Gasteiger partial charge is 0.415 e. The molecule has 30 heavy (non-hydrogen) atoms. The number of likely N-dealkylation sites (N-methyl/N-ethyl adjacent to an activating group) is 1. The lowest BCUT2D eigenvalue weighted by Crippen LogP contribution is -2.37. The van der Waals surface area contributed by atoms with Gasteiger partial charge in [0.2, 0.25) is 0 Å². The van der Waals surface area contributed by atoms with E-state index in [-0.39, 0.29) is 18.6 Å². The van der Waals surface area contributed by atoms with Crippen LogP contribution in [0.25, 0.3) is 11.3 Å². The fraction of sp³-hybridized carbons (Fsp3) is 0.400. The van der Waals surface area contributed by atoms with Crippen molar-refractivity contribution in [2.45, 2.75) is 32.0 Å². The van der Waals surface area contributed by atoms with Crippen LogP contribution in [0.2, 0.25) is 0 Å². The minimum atomic E-state index is -0.827. The summed E-state index contributed by atoms with van der Waals surface area (Å²) in [5.74, 6) is 0.327. The maximum absolute atomic E-state index is 12.3. The predicted octanol–water partition coefficient (Wildman–Crippen LogP) is 1.92. The summed E-state index contributed by atoms with van der Waals surface area (Å²) >= 11 is 0. The van der Waals surface area contributed by atoms with Crippen LogP contribution < -0.4 is 15.0 Å². The number of nitrogens with one attached hydrogen (secondary N) is 2. The highest BCUT2D eigenvalue weighted by molar-refractivity contribution is 5.96. The first kappa shape index (κ1) is 18.5. The number of hydrogen-bond acceptors (Lipinski definition) is 7. The lowest BCUT2D eigenvalue weighted by atomic mass is 10.0. The van der Waals surface area contributed by atoms with Gasteiger partial charge in [-0.1, -0.05) is 5.16 Å². The minimum Gasteiger partial charge on any atom is -0.492 e. The SMILES string of the molecule is CCNC(=O)[C@H]1CN(c2ccc3c(c2)OCCc2c-3n[nH]c2C2CC=NO2)C(=O)O1. The monoisotopic (exact) mass is 411 g/mol. The van der Waals surface area contributed by atoms with Gasteiger partial charge in [-0.15, -0.1) is 0 Å². The molecule has 156 valence electrons. The number of carbonyl (C=O) groups is 2. The van der Waals surface area contributed by atoms with Crippen LogP contribution in [0.1, 0.15) is 30.7 Å². The number of ether oxygens (including phenoxy) is 2. The molecule has 1 unspecified atom stereocenters. The van der Waals surface area contributed by atoms with E-state index in [0.29, 0.717) is 37.4 Å². The number of aromatic amines is 1. The number of aromatic nitrogens is 2. The summed E-state index contributed by atoms with van der Waals surface area (Å²) < 4.78 is 11.2. The molecule has 1 saturated heterocycles. The zero-order valence-corrected chi connectivity index (χ0v) is 16.4. The van der Waals surface area contributed by atoms with Crippen molar-refractivity contribution < 1.29 is 23.9 Å². The number of nitrogens with zero attached hydrogens (tertiary/aromatic N) is 3. The van der Waals surface area contributed by atoms with Crippen LogP contribution in [0.3, 0.4) is 0 Å². The van der Waals surface area contributed by atoms with Crippen LogP contribution in [0, 0.1) is 0 Å². The minimum absolute atomic E-state index is 0.153. The Labute approximate surface area is 172 Å². The van der Waals surface area contributed by atoms with Crippen molar-refractivity contribution in [3.05, 3.63) is 29.5 Å². The first-order chi connectivity index (χ1) is 14.7. The number of carbonyl (C=O) groups excluding carboxylic acids is 2. The summed E-state index contributed by atoms with van der Waals surface area (Å²) in [7, 11) is 0. The van der Waals surface area contributed by atoms with E-state index in [1.807, 2.05) is 19.1 Å². The van der Waals surface area contributed by atoms with E-state index >= 15 is 0 Å². The zero-order valence-electron chi connectivity index (χ0n) is 16.4. The Morgan fingerprint density at radius 2 is 2.30 bits per heavy atom. The second kappa shape index (κ2) is 7.36. The third kappa shape index (κ3) is 3.04. The van der Waals surface area contributed by atoms with Crippen molar-refractivity contribution in [2.75, 3.05) is 24.6 Å². The van der Waals surface area contributed by atoms with Crippen molar-refractivity contribution >= 4 is 23.9 Å². The highest BCUT2D eigenvalue weighted by Crippen LogP contribution is 2.40. The molecule has 3 aliphatic heterocycles. The second-order valence-electron chi connectivity index (χ2n) is 7.24. The number of oxime groups is 1. The fourth-order valence-corrected chi connectivity index (χ4v) is 3.94. The van der Waals surface area contributed by atoms with Crippen LogP contribution in [-0.2, 0) is 20.8 Å². The van der Waals surface area contributed by atoms with Gasteiger partial charge in [-0.2, -0.15) is 5.10 Å². The molecule has 10 heteroatoms. The van der Waals surface area contributed by atoms with Crippen LogP contribution in [0.15, 0.2) is 23.4 Å². The Balaban J connectivity index is 1.43. The maximum Gasteiger partial charge on any atom is 0.415 e. The van der Waals surface area contributed by atoms with Gasteiger partial charge >= 0.3 is 6.09 Å². The lowest BCUT2D eigenvalue weighted by Gasteiger charge is -2.15. The van der Waals surface area contributed by atoms with Crippen molar-refractivity contribution in [2.24, 2.45) is 5.16 Å². The normalized spacial score (nSPS) is 21.9. The largest absolute Gasteiger partial charge is 0.492 e. The molecule has 0 saturated carbocycles. The molecule has 0 radical (unpaired) electrons. The van der Waals surface area contributed by atoms with E-state index in [1.165, 1.54) is 4.90 Å². The Morgan fingerprint density at radius 3 is 3.10 bits per heavy atom. The van der Waals surface area contributed by atoms with E-state index in [9.17, 15) is 9.59 Å². The summed E-state index contributed by atoms with van der Waals surface area (Å²) in [4.78, 5) is 31.2. The molecular weight excluding hydrogens is 390 g/mol. The van der Waals surface area contributed by atoms with Gasteiger partial charge in [0, 0.05) is 42.8 Å². The molecule has 2 amide bonds. The van der Waals surface area contributed by atoms with Gasteiger partial charge in [-0.3, -0.25) is 14.8 Å². The van der Waals surface area contributed by atoms with Gasteiger partial charge < -0.3 is 19.6 Å². The van der Waals surface area contributed by atoms with Crippen LogP contribution in [-0.4, -0.2) is 54.2 Å². The van der Waals surface area contributed by atoms with Crippen molar-refractivity contribution in [1.82, 2.24) is 15.5 Å². The first-order valence-electron chi connectivity index (χ1n) is 9.93. The van der Waals surface area contributed by atoms with Crippen LogP contribution in [0.4, 0.5) is 10.5 Å². The fourth-order valence-electron chi connectivity index (χ4n) is 3.94. The summed E-state index contributed by atoms with van der Waals surface area (Å²) in [6, 6.07) is 5.47. The molecule has 1 aromatic carbocycles. The van der Waals surface area contributed by atoms with Crippen molar-refractivity contribution in [1.29, 1.82) is 0 Å². The molecule has 3 aliphatic rings. The number of amides is 2. The summed E-state index contributed by atoms with van der Waals surface area (Å²) in [6.45, 7) is 2.91. The Bertz CT molecular complexity index is 1020. The Kier molecular flexibility index (Phi) is 4.53. The van der Waals surface area contributed by atoms with Gasteiger partial charge in [0.25, 0.3) is 5.91 Å². The lowest BCUT2D eigenvalue weighted by molar-refractivity contribution is -0.127. The molecule has 5 rings (SSSR count). The van der Waals surface area contributed by atoms with Gasteiger partial charge in [0.05, 0.1) is 30.2 Å². The molecule has 2 aromatic rings. The Morgan fingerprint density at radius 1 is 1.40 bits per heavy atom. The summed E-state index contributed by atoms with van der Waals surface area (Å²) in [5, 5.41) is 14.1. The highest BCUT2D eigenvalue weighted by atomic mass is 16.6. The van der Waals surface area contributed by atoms with Crippen molar-refractivity contribution in [3.63, 3.8) is 0 Å². The molecule has 0 spiro atoms. The van der Waals surface area contributed by atoms with Gasteiger partial charge in [-0.05, 0) is 19.1 Å².